The van der Waals surface area contributed by atoms with Gasteiger partial charge in [0.15, 0.2) is 0 Å². The quantitative estimate of drug-likeness (QED) is 0.814. The number of benzene rings is 1. The van der Waals surface area contributed by atoms with Crippen molar-refractivity contribution in [1.82, 2.24) is 9.88 Å². The van der Waals surface area contributed by atoms with Crippen LogP contribution in [0.15, 0.2) is 36.5 Å². The first-order valence-electron chi connectivity index (χ1n) is 7.15. The summed E-state index contributed by atoms with van der Waals surface area (Å²) in [6.45, 7) is 2.83. The minimum absolute atomic E-state index is 0.0632. The second kappa shape index (κ2) is 7.10. The maximum atomic E-state index is 11.9. The number of nitrogens with one attached hydrogen (secondary N) is 1. The predicted molar refractivity (Wildman–Crippen MR) is 80.5 cm³/mol. The number of aryl methyl sites for hydroxylation is 1. The molecule has 2 aromatic rings. The van der Waals surface area contributed by atoms with Gasteiger partial charge in [-0.1, -0.05) is 18.2 Å². The zero-order chi connectivity index (χ0) is 14.4. The number of carbonyl (C=O) groups is 1. The van der Waals surface area contributed by atoms with Crippen molar-refractivity contribution in [3.8, 4) is 0 Å². The summed E-state index contributed by atoms with van der Waals surface area (Å²) in [6.07, 6.45) is 4.04. The van der Waals surface area contributed by atoms with E-state index >= 15 is 0 Å². The Bertz CT molecular complexity index is 562. The Labute approximate surface area is 119 Å². The zero-order valence-corrected chi connectivity index (χ0v) is 11.9. The van der Waals surface area contributed by atoms with Crippen LogP contribution in [0.25, 0.3) is 10.9 Å². The molecule has 0 saturated carbocycles. The van der Waals surface area contributed by atoms with Crippen molar-refractivity contribution in [2.45, 2.75) is 38.8 Å². The van der Waals surface area contributed by atoms with Gasteiger partial charge >= 0.3 is 0 Å². The van der Waals surface area contributed by atoms with E-state index in [0.29, 0.717) is 13.0 Å². The highest BCUT2D eigenvalue weighted by atomic mass is 16.3. The Balaban J connectivity index is 1.84. The lowest BCUT2D eigenvalue weighted by Crippen LogP contribution is -2.33. The molecule has 0 aliphatic carbocycles. The molecule has 2 rings (SSSR count). The van der Waals surface area contributed by atoms with E-state index in [0.717, 1.165) is 18.4 Å². The van der Waals surface area contributed by atoms with E-state index in [1.807, 2.05) is 25.3 Å². The lowest BCUT2D eigenvalue weighted by Gasteiger charge is -2.13. The fraction of sp³-hybridized carbons (Fsp3) is 0.438. The van der Waals surface area contributed by atoms with Gasteiger partial charge < -0.3 is 15.0 Å². The number of aliphatic hydroxyl groups excluding tert-OH is 1. The molecule has 1 unspecified atom stereocenters. The molecule has 0 radical (unpaired) electrons. The molecule has 0 aliphatic heterocycles. The molecule has 108 valence electrons. The average Bonchev–Trinajstić information content (AvgIpc) is 2.86. The van der Waals surface area contributed by atoms with E-state index in [-0.39, 0.29) is 18.6 Å². The van der Waals surface area contributed by atoms with Crippen molar-refractivity contribution in [2.75, 3.05) is 6.61 Å². The Morgan fingerprint density at radius 3 is 2.95 bits per heavy atom. The third-order valence-electron chi connectivity index (χ3n) is 3.46. The number of nitrogens with zero attached hydrogens (tertiary/aromatic N) is 1. The molecule has 1 amide bonds. The Morgan fingerprint density at radius 2 is 2.15 bits per heavy atom. The van der Waals surface area contributed by atoms with Gasteiger partial charge in [-0.25, -0.2) is 0 Å². The molecule has 4 heteroatoms. The zero-order valence-electron chi connectivity index (χ0n) is 11.9. The molecule has 1 aromatic carbocycles. The number of aromatic nitrogens is 1. The molecule has 0 saturated heterocycles. The normalized spacial score (nSPS) is 12.5. The van der Waals surface area contributed by atoms with Crippen LogP contribution < -0.4 is 5.32 Å². The number of carbonyl (C=O) groups excluding carboxylic acids is 1. The largest absolute Gasteiger partial charge is 0.396 e. The smallest absolute Gasteiger partial charge is 0.221 e. The average molecular weight is 274 g/mol. The monoisotopic (exact) mass is 274 g/mol. The maximum absolute atomic E-state index is 11.9. The summed E-state index contributed by atoms with van der Waals surface area (Å²) >= 11 is 0. The highest BCUT2D eigenvalue weighted by Crippen LogP contribution is 2.15. The summed E-state index contributed by atoms with van der Waals surface area (Å²) in [6, 6.07) is 10.4. The van der Waals surface area contributed by atoms with Gasteiger partial charge in [-0.05, 0) is 37.3 Å². The third kappa shape index (κ3) is 3.84. The Morgan fingerprint density at radius 1 is 1.35 bits per heavy atom. The predicted octanol–water partition coefficient (Wildman–Crippen LogP) is 2.31. The van der Waals surface area contributed by atoms with Gasteiger partial charge in [0.2, 0.25) is 5.91 Å². The van der Waals surface area contributed by atoms with Crippen molar-refractivity contribution in [3.05, 3.63) is 36.5 Å². The van der Waals surface area contributed by atoms with Crippen molar-refractivity contribution in [3.63, 3.8) is 0 Å². The SMILES string of the molecule is CC(CCCO)NC(=O)CCn1ccc2ccccc21. The number of aliphatic hydroxyl groups is 1. The number of rotatable bonds is 7. The van der Waals surface area contributed by atoms with E-state index in [1.54, 1.807) is 0 Å². The van der Waals surface area contributed by atoms with Crippen molar-refractivity contribution < 1.29 is 9.90 Å². The summed E-state index contributed by atoms with van der Waals surface area (Å²) in [4.78, 5) is 11.9. The molecule has 1 aromatic heterocycles. The van der Waals surface area contributed by atoms with Gasteiger partial charge in [0.25, 0.3) is 0 Å². The fourth-order valence-corrected chi connectivity index (χ4v) is 2.37. The Kier molecular flexibility index (Phi) is 5.18. The van der Waals surface area contributed by atoms with E-state index in [2.05, 4.69) is 28.1 Å². The molecule has 0 fully saturated rings. The number of amides is 1. The highest BCUT2D eigenvalue weighted by Gasteiger charge is 2.08. The topological polar surface area (TPSA) is 54.3 Å². The minimum atomic E-state index is 0.0632. The summed E-state index contributed by atoms with van der Waals surface area (Å²) < 4.78 is 2.10. The summed E-state index contributed by atoms with van der Waals surface area (Å²) in [7, 11) is 0. The number of fused-ring (bicyclic) bond motifs is 1. The molecule has 1 atom stereocenters. The van der Waals surface area contributed by atoms with E-state index in [4.69, 9.17) is 5.11 Å². The van der Waals surface area contributed by atoms with Gasteiger partial charge in [0.1, 0.15) is 0 Å². The van der Waals surface area contributed by atoms with Crippen LogP contribution in [0.1, 0.15) is 26.2 Å². The van der Waals surface area contributed by atoms with Crippen LogP contribution in [0.3, 0.4) is 0 Å². The van der Waals surface area contributed by atoms with Crippen LogP contribution in [0, 0.1) is 0 Å². The Hall–Kier alpha value is -1.81. The minimum Gasteiger partial charge on any atom is -0.396 e. The van der Waals surface area contributed by atoms with Crippen LogP contribution in [-0.2, 0) is 11.3 Å². The van der Waals surface area contributed by atoms with E-state index in [1.165, 1.54) is 5.39 Å². The van der Waals surface area contributed by atoms with E-state index < -0.39 is 0 Å². The maximum Gasteiger partial charge on any atom is 0.221 e. The highest BCUT2D eigenvalue weighted by molar-refractivity contribution is 5.80. The molecule has 2 N–H and O–H groups in total. The number of para-hydroxylation sites is 1. The lowest BCUT2D eigenvalue weighted by molar-refractivity contribution is -0.121. The van der Waals surface area contributed by atoms with Crippen molar-refractivity contribution in [2.24, 2.45) is 0 Å². The first-order chi connectivity index (χ1) is 9.70. The second-order valence-electron chi connectivity index (χ2n) is 5.15. The van der Waals surface area contributed by atoms with Crippen LogP contribution in [0.5, 0.6) is 0 Å². The second-order valence-corrected chi connectivity index (χ2v) is 5.15. The van der Waals surface area contributed by atoms with Gasteiger partial charge in [-0.2, -0.15) is 0 Å². The molecular formula is C16H22N2O2. The van der Waals surface area contributed by atoms with Gasteiger partial charge in [-0.3, -0.25) is 4.79 Å². The third-order valence-corrected chi connectivity index (χ3v) is 3.46. The summed E-state index contributed by atoms with van der Waals surface area (Å²) in [5.74, 6) is 0.0632. The van der Waals surface area contributed by atoms with E-state index in [9.17, 15) is 4.79 Å². The molecule has 4 nitrogen and oxygen atoms in total. The summed E-state index contributed by atoms with van der Waals surface area (Å²) in [5.41, 5.74) is 1.16. The molecular weight excluding hydrogens is 252 g/mol. The molecule has 20 heavy (non-hydrogen) atoms. The molecule has 0 spiro atoms. The number of hydrogen-bond donors (Lipinski definition) is 2. The standard InChI is InChI=1S/C16H22N2O2/c1-13(5-4-12-19)17-16(20)9-11-18-10-8-14-6-2-3-7-15(14)18/h2-3,6-8,10,13,19H,4-5,9,11-12H2,1H3,(H,17,20). The van der Waals surface area contributed by atoms with Crippen LogP contribution in [-0.4, -0.2) is 28.2 Å². The van der Waals surface area contributed by atoms with Gasteiger partial charge in [0, 0.05) is 37.3 Å². The van der Waals surface area contributed by atoms with Crippen molar-refractivity contribution >= 4 is 16.8 Å². The van der Waals surface area contributed by atoms with Crippen LogP contribution in [0.2, 0.25) is 0 Å². The first-order valence-corrected chi connectivity index (χ1v) is 7.15. The molecule has 0 aliphatic rings. The van der Waals surface area contributed by atoms with Crippen LogP contribution >= 0.6 is 0 Å². The van der Waals surface area contributed by atoms with Gasteiger partial charge in [0.05, 0.1) is 0 Å². The summed E-state index contributed by atoms with van der Waals surface area (Å²) in [5, 5.41) is 12.9. The fourth-order valence-electron chi connectivity index (χ4n) is 2.37. The van der Waals surface area contributed by atoms with Crippen LogP contribution in [0.4, 0.5) is 0 Å². The number of hydrogen-bond acceptors (Lipinski definition) is 2. The first kappa shape index (κ1) is 14.6. The van der Waals surface area contributed by atoms with Crippen molar-refractivity contribution in [1.29, 1.82) is 0 Å². The molecule has 0 bridgehead atoms. The molecule has 1 heterocycles. The van der Waals surface area contributed by atoms with Gasteiger partial charge in [-0.15, -0.1) is 0 Å². The lowest BCUT2D eigenvalue weighted by atomic mass is 10.2.